The Morgan fingerprint density at radius 2 is 1.88 bits per heavy atom. The van der Waals surface area contributed by atoms with Crippen molar-refractivity contribution in [3.05, 3.63) is 64.7 Å². The summed E-state index contributed by atoms with van der Waals surface area (Å²) < 4.78 is 5.08. The van der Waals surface area contributed by atoms with Gasteiger partial charge in [0.1, 0.15) is 12.6 Å². The molecular formula is C18H19ClN2O3. The molecule has 5 nitrogen and oxygen atoms in total. The molecule has 126 valence electrons. The zero-order valence-corrected chi connectivity index (χ0v) is 14.3. The van der Waals surface area contributed by atoms with Crippen LogP contribution in [-0.4, -0.2) is 18.0 Å². The average molecular weight is 347 g/mol. The van der Waals surface area contributed by atoms with E-state index in [0.717, 1.165) is 11.1 Å². The van der Waals surface area contributed by atoms with Crippen molar-refractivity contribution >= 4 is 29.3 Å². The van der Waals surface area contributed by atoms with Gasteiger partial charge in [0.25, 0.3) is 0 Å². The summed E-state index contributed by atoms with van der Waals surface area (Å²) in [5.74, 6) is -0.355. The number of hydrogen-bond donors (Lipinski definition) is 2. The van der Waals surface area contributed by atoms with E-state index in [0.29, 0.717) is 10.7 Å². The molecule has 0 heterocycles. The second-order valence-corrected chi connectivity index (χ2v) is 5.79. The number of halogens is 1. The molecule has 0 aliphatic carbocycles. The molecule has 2 rings (SSSR count). The summed E-state index contributed by atoms with van der Waals surface area (Å²) in [7, 11) is 0. The Kier molecular flexibility index (Phi) is 6.21. The summed E-state index contributed by atoms with van der Waals surface area (Å²) in [4.78, 5) is 23.8. The van der Waals surface area contributed by atoms with Crippen molar-refractivity contribution in [2.75, 3.05) is 5.32 Å². The molecule has 2 aromatic rings. The van der Waals surface area contributed by atoms with Crippen molar-refractivity contribution in [1.82, 2.24) is 5.32 Å². The molecule has 24 heavy (non-hydrogen) atoms. The number of benzene rings is 2. The topological polar surface area (TPSA) is 67.4 Å². The van der Waals surface area contributed by atoms with Crippen molar-refractivity contribution in [3.63, 3.8) is 0 Å². The Hall–Kier alpha value is -2.53. The molecule has 0 bridgehead atoms. The second kappa shape index (κ2) is 8.36. The maximum Gasteiger partial charge on any atom is 0.408 e. The van der Waals surface area contributed by atoms with Crippen LogP contribution in [0.4, 0.5) is 10.5 Å². The van der Waals surface area contributed by atoms with Crippen LogP contribution in [0.1, 0.15) is 18.1 Å². The summed E-state index contributed by atoms with van der Waals surface area (Å²) in [5, 5.41) is 5.75. The highest BCUT2D eigenvalue weighted by atomic mass is 35.5. The van der Waals surface area contributed by atoms with Gasteiger partial charge in [0, 0.05) is 10.7 Å². The van der Waals surface area contributed by atoms with Crippen LogP contribution in [0.5, 0.6) is 0 Å². The van der Waals surface area contributed by atoms with Crippen LogP contribution in [0.2, 0.25) is 5.02 Å². The first-order valence-electron chi connectivity index (χ1n) is 7.50. The molecule has 0 aliphatic heterocycles. The third-order valence-electron chi connectivity index (χ3n) is 3.38. The van der Waals surface area contributed by atoms with Crippen LogP contribution < -0.4 is 10.6 Å². The Morgan fingerprint density at radius 1 is 1.17 bits per heavy atom. The van der Waals surface area contributed by atoms with E-state index in [1.54, 1.807) is 19.1 Å². The SMILES string of the molecule is Cc1ccc(NC(=O)[C@H](C)NC(=O)OCc2ccccc2)cc1Cl. The van der Waals surface area contributed by atoms with Gasteiger partial charge in [0.05, 0.1) is 0 Å². The summed E-state index contributed by atoms with van der Waals surface area (Å²) in [6, 6.07) is 13.8. The van der Waals surface area contributed by atoms with Gasteiger partial charge in [0.15, 0.2) is 0 Å². The molecule has 0 radical (unpaired) electrons. The number of aryl methyl sites for hydroxylation is 1. The fourth-order valence-corrected chi connectivity index (χ4v) is 2.11. The number of alkyl carbamates (subject to hydrolysis) is 1. The van der Waals surface area contributed by atoms with E-state index < -0.39 is 12.1 Å². The van der Waals surface area contributed by atoms with E-state index in [-0.39, 0.29) is 12.5 Å². The van der Waals surface area contributed by atoms with Gasteiger partial charge in [-0.1, -0.05) is 48.0 Å². The molecule has 1 atom stereocenters. The molecular weight excluding hydrogens is 328 g/mol. The van der Waals surface area contributed by atoms with Gasteiger partial charge >= 0.3 is 6.09 Å². The first-order valence-corrected chi connectivity index (χ1v) is 7.87. The van der Waals surface area contributed by atoms with E-state index in [4.69, 9.17) is 16.3 Å². The Balaban J connectivity index is 1.82. The van der Waals surface area contributed by atoms with Crippen molar-refractivity contribution in [2.24, 2.45) is 0 Å². The van der Waals surface area contributed by atoms with Crippen molar-refractivity contribution in [1.29, 1.82) is 0 Å². The lowest BCUT2D eigenvalue weighted by atomic mass is 10.2. The van der Waals surface area contributed by atoms with Crippen LogP contribution in [-0.2, 0) is 16.1 Å². The molecule has 0 fully saturated rings. The van der Waals surface area contributed by atoms with Gasteiger partial charge < -0.3 is 15.4 Å². The van der Waals surface area contributed by atoms with E-state index in [1.165, 1.54) is 0 Å². The smallest absolute Gasteiger partial charge is 0.408 e. The lowest BCUT2D eigenvalue weighted by Crippen LogP contribution is -2.41. The number of carbonyl (C=O) groups excluding carboxylic acids is 2. The predicted molar refractivity (Wildman–Crippen MR) is 94.0 cm³/mol. The van der Waals surface area contributed by atoms with Gasteiger partial charge in [-0.3, -0.25) is 4.79 Å². The predicted octanol–water partition coefficient (Wildman–Crippen LogP) is 3.90. The van der Waals surface area contributed by atoms with Crippen molar-refractivity contribution in [2.45, 2.75) is 26.5 Å². The first kappa shape index (κ1) is 17.8. The molecule has 2 amide bonds. The standard InChI is InChI=1S/C18H19ClN2O3/c1-12-8-9-15(10-16(12)19)21-17(22)13(2)20-18(23)24-11-14-6-4-3-5-7-14/h3-10,13H,11H2,1-2H3,(H,20,23)(H,21,22)/t13-/m0/s1. The maximum atomic E-state index is 12.1. The molecule has 0 aliphatic rings. The highest BCUT2D eigenvalue weighted by Gasteiger charge is 2.16. The van der Waals surface area contributed by atoms with Crippen LogP contribution in [0, 0.1) is 6.92 Å². The number of anilines is 1. The minimum Gasteiger partial charge on any atom is -0.445 e. The molecule has 0 spiro atoms. The normalized spacial score (nSPS) is 11.5. The number of ether oxygens (including phenoxy) is 1. The molecule has 6 heteroatoms. The summed E-state index contributed by atoms with van der Waals surface area (Å²) in [6.45, 7) is 3.60. The molecule has 2 N–H and O–H groups in total. The summed E-state index contributed by atoms with van der Waals surface area (Å²) in [5.41, 5.74) is 2.37. The van der Waals surface area contributed by atoms with Gasteiger partial charge in [-0.2, -0.15) is 0 Å². The molecule has 0 unspecified atom stereocenters. The van der Waals surface area contributed by atoms with Crippen LogP contribution in [0.3, 0.4) is 0 Å². The lowest BCUT2D eigenvalue weighted by molar-refractivity contribution is -0.117. The van der Waals surface area contributed by atoms with Crippen molar-refractivity contribution in [3.8, 4) is 0 Å². The monoisotopic (exact) mass is 346 g/mol. The highest BCUT2D eigenvalue weighted by Crippen LogP contribution is 2.20. The molecule has 0 aromatic heterocycles. The molecule has 0 saturated heterocycles. The number of nitrogens with one attached hydrogen (secondary N) is 2. The number of rotatable bonds is 5. The maximum absolute atomic E-state index is 12.1. The summed E-state index contributed by atoms with van der Waals surface area (Å²) >= 11 is 6.02. The lowest BCUT2D eigenvalue weighted by Gasteiger charge is -2.14. The largest absolute Gasteiger partial charge is 0.445 e. The molecule has 0 saturated carbocycles. The van der Waals surface area contributed by atoms with Crippen molar-refractivity contribution < 1.29 is 14.3 Å². The number of hydrogen-bond acceptors (Lipinski definition) is 3. The zero-order chi connectivity index (χ0) is 17.5. The van der Waals surface area contributed by atoms with E-state index in [1.807, 2.05) is 43.3 Å². The van der Waals surface area contributed by atoms with Crippen LogP contribution >= 0.6 is 11.6 Å². The Labute approximate surface area is 146 Å². The number of carbonyl (C=O) groups is 2. The fraction of sp³-hybridized carbons (Fsp3) is 0.222. The van der Waals surface area contributed by atoms with Crippen LogP contribution in [0.25, 0.3) is 0 Å². The van der Waals surface area contributed by atoms with E-state index in [9.17, 15) is 9.59 Å². The average Bonchev–Trinajstić information content (AvgIpc) is 2.57. The summed E-state index contributed by atoms with van der Waals surface area (Å²) in [6.07, 6.45) is -0.650. The fourth-order valence-electron chi connectivity index (χ4n) is 1.93. The van der Waals surface area contributed by atoms with Crippen LogP contribution in [0.15, 0.2) is 48.5 Å². The highest BCUT2D eigenvalue weighted by molar-refractivity contribution is 6.31. The van der Waals surface area contributed by atoms with E-state index >= 15 is 0 Å². The van der Waals surface area contributed by atoms with Gasteiger partial charge in [-0.05, 0) is 37.1 Å². The first-order chi connectivity index (χ1) is 11.5. The second-order valence-electron chi connectivity index (χ2n) is 5.38. The zero-order valence-electron chi connectivity index (χ0n) is 13.5. The third kappa shape index (κ3) is 5.28. The molecule has 2 aromatic carbocycles. The Bertz CT molecular complexity index is 719. The van der Waals surface area contributed by atoms with E-state index in [2.05, 4.69) is 10.6 Å². The van der Waals surface area contributed by atoms with Gasteiger partial charge in [-0.15, -0.1) is 0 Å². The Morgan fingerprint density at radius 3 is 2.54 bits per heavy atom. The minimum absolute atomic E-state index is 0.147. The van der Waals surface area contributed by atoms with Gasteiger partial charge in [-0.25, -0.2) is 4.79 Å². The minimum atomic E-state index is -0.742. The third-order valence-corrected chi connectivity index (χ3v) is 3.79. The quantitative estimate of drug-likeness (QED) is 0.862. The number of amides is 2. The van der Waals surface area contributed by atoms with Gasteiger partial charge in [0.2, 0.25) is 5.91 Å².